The van der Waals surface area contributed by atoms with Crippen molar-refractivity contribution in [3.05, 3.63) is 90.0 Å². The molecule has 168 valence electrons. The molecule has 5 aromatic rings. The van der Waals surface area contributed by atoms with Crippen LogP contribution in [0.1, 0.15) is 22.8 Å². The van der Waals surface area contributed by atoms with Gasteiger partial charge in [-0.15, -0.1) is 0 Å². The summed E-state index contributed by atoms with van der Waals surface area (Å²) in [6.07, 6.45) is 0.894. The smallest absolute Gasteiger partial charge is 0.258 e. The molecule has 0 radical (unpaired) electrons. The van der Waals surface area contributed by atoms with Crippen LogP contribution >= 0.6 is 12.2 Å². The van der Waals surface area contributed by atoms with E-state index in [1.807, 2.05) is 54.6 Å². The van der Waals surface area contributed by atoms with E-state index in [0.717, 1.165) is 28.3 Å². The van der Waals surface area contributed by atoms with E-state index in [0.29, 0.717) is 28.3 Å². The van der Waals surface area contributed by atoms with Crippen LogP contribution in [0.3, 0.4) is 0 Å². The van der Waals surface area contributed by atoms with Gasteiger partial charge in [0.25, 0.3) is 5.91 Å². The molecule has 7 heteroatoms. The van der Waals surface area contributed by atoms with Crippen LogP contribution in [-0.4, -0.2) is 21.1 Å². The van der Waals surface area contributed by atoms with Gasteiger partial charge in [-0.2, -0.15) is 0 Å². The first-order valence-electron chi connectivity index (χ1n) is 10.8. The first kappa shape index (κ1) is 21.6. The van der Waals surface area contributed by atoms with Gasteiger partial charge in [0.1, 0.15) is 11.3 Å². The summed E-state index contributed by atoms with van der Waals surface area (Å²) in [6.45, 7) is 2.07. The number of oxazole rings is 1. The van der Waals surface area contributed by atoms with Crippen molar-refractivity contribution in [1.82, 2.24) is 10.3 Å². The second-order valence-corrected chi connectivity index (χ2v) is 8.25. The van der Waals surface area contributed by atoms with Gasteiger partial charge in [-0.05, 0) is 71.4 Å². The van der Waals surface area contributed by atoms with Crippen molar-refractivity contribution in [2.45, 2.75) is 13.3 Å². The third-order valence-corrected chi connectivity index (χ3v) is 5.81. The van der Waals surface area contributed by atoms with Crippen LogP contribution in [0.2, 0.25) is 0 Å². The van der Waals surface area contributed by atoms with Gasteiger partial charge in [-0.1, -0.05) is 49.4 Å². The number of phenols is 1. The molecule has 0 spiro atoms. The highest BCUT2D eigenvalue weighted by molar-refractivity contribution is 7.80. The summed E-state index contributed by atoms with van der Waals surface area (Å²) >= 11 is 5.36. The zero-order chi connectivity index (χ0) is 23.7. The van der Waals surface area contributed by atoms with Crippen molar-refractivity contribution >= 4 is 50.8 Å². The summed E-state index contributed by atoms with van der Waals surface area (Å²) in [5, 5.41) is 18.1. The number of phenolic OH excluding ortho intramolecular Hbond substituents is 1. The summed E-state index contributed by atoms with van der Waals surface area (Å²) in [6, 6.07) is 23.9. The maximum atomic E-state index is 12.8. The maximum Gasteiger partial charge on any atom is 0.258 e. The van der Waals surface area contributed by atoms with Gasteiger partial charge in [0.15, 0.2) is 10.7 Å². The number of nitrogens with zero attached hydrogens (tertiary/aromatic N) is 1. The van der Waals surface area contributed by atoms with E-state index in [9.17, 15) is 9.90 Å². The van der Waals surface area contributed by atoms with Gasteiger partial charge in [-0.25, -0.2) is 4.98 Å². The number of aromatic hydroxyl groups is 1. The molecule has 0 unspecified atom stereocenters. The van der Waals surface area contributed by atoms with Gasteiger partial charge in [-0.3, -0.25) is 10.1 Å². The number of thiocarbonyl (C=S) groups is 1. The SMILES string of the molecule is CCc1ccc2oc(-c3cc(NC(=S)NC(=O)c4cccc5ccccc45)ccc3O)nc2c1. The standard InChI is InChI=1S/C27H21N3O3S/c1-2-16-10-13-24-22(14-16)29-26(33-24)21-15-18(11-12-23(21)31)28-27(34)30-25(32)20-9-5-7-17-6-3-4-8-19(17)20/h3-15,31H,2H2,1H3,(H2,28,30,32,34). The van der Waals surface area contributed by atoms with Gasteiger partial charge >= 0.3 is 0 Å². The van der Waals surface area contributed by atoms with E-state index in [2.05, 4.69) is 22.5 Å². The summed E-state index contributed by atoms with van der Waals surface area (Å²) in [4.78, 5) is 17.4. The molecule has 0 aliphatic rings. The van der Waals surface area contributed by atoms with E-state index >= 15 is 0 Å². The molecule has 0 aliphatic heterocycles. The predicted octanol–water partition coefficient (Wildman–Crippen LogP) is 6.04. The Kier molecular flexibility index (Phi) is 5.69. The fraction of sp³-hybridized carbons (Fsp3) is 0.0741. The number of rotatable bonds is 4. The summed E-state index contributed by atoms with van der Waals surface area (Å²) in [5.74, 6) is 0.0209. The normalized spacial score (nSPS) is 11.0. The Bertz CT molecular complexity index is 1550. The molecule has 0 saturated heterocycles. The lowest BCUT2D eigenvalue weighted by Crippen LogP contribution is -2.34. The molecule has 5 rings (SSSR count). The van der Waals surface area contributed by atoms with Crippen LogP contribution in [0, 0.1) is 0 Å². The molecule has 1 heterocycles. The Morgan fingerprint density at radius 2 is 1.85 bits per heavy atom. The average molecular weight is 468 g/mol. The number of hydrogen-bond acceptors (Lipinski definition) is 5. The lowest BCUT2D eigenvalue weighted by molar-refractivity contribution is 0.0979. The Hall–Kier alpha value is -4.23. The van der Waals surface area contributed by atoms with Gasteiger partial charge < -0.3 is 14.8 Å². The van der Waals surface area contributed by atoms with E-state index in [1.54, 1.807) is 18.2 Å². The van der Waals surface area contributed by atoms with Crippen LogP contribution in [0.25, 0.3) is 33.3 Å². The van der Waals surface area contributed by atoms with Crippen LogP contribution in [0.15, 0.2) is 83.3 Å². The third-order valence-electron chi connectivity index (χ3n) is 5.61. The largest absolute Gasteiger partial charge is 0.507 e. The molecule has 1 amide bonds. The minimum Gasteiger partial charge on any atom is -0.507 e. The zero-order valence-corrected chi connectivity index (χ0v) is 19.1. The number of fused-ring (bicyclic) bond motifs is 2. The molecule has 6 nitrogen and oxygen atoms in total. The second kappa shape index (κ2) is 8.96. The van der Waals surface area contributed by atoms with Crippen molar-refractivity contribution in [3.8, 4) is 17.2 Å². The first-order chi connectivity index (χ1) is 16.5. The van der Waals surface area contributed by atoms with Crippen LogP contribution in [-0.2, 0) is 6.42 Å². The van der Waals surface area contributed by atoms with E-state index in [4.69, 9.17) is 16.6 Å². The number of anilines is 1. The van der Waals surface area contributed by atoms with Crippen LogP contribution in [0.4, 0.5) is 5.69 Å². The van der Waals surface area contributed by atoms with Crippen molar-refractivity contribution < 1.29 is 14.3 Å². The van der Waals surface area contributed by atoms with Gasteiger partial charge in [0.05, 0.1) is 5.56 Å². The molecule has 4 aromatic carbocycles. The number of hydrogen-bond donors (Lipinski definition) is 3. The number of aromatic nitrogens is 1. The molecule has 34 heavy (non-hydrogen) atoms. The Labute approximate surface area is 201 Å². The number of carbonyl (C=O) groups is 1. The fourth-order valence-electron chi connectivity index (χ4n) is 3.85. The molecular formula is C27H21N3O3S. The Morgan fingerprint density at radius 1 is 1.03 bits per heavy atom. The maximum absolute atomic E-state index is 12.8. The fourth-order valence-corrected chi connectivity index (χ4v) is 4.06. The molecule has 0 bridgehead atoms. The monoisotopic (exact) mass is 467 g/mol. The van der Waals surface area contributed by atoms with E-state index in [-0.39, 0.29) is 16.8 Å². The number of benzene rings is 4. The molecule has 3 N–H and O–H groups in total. The third kappa shape index (κ3) is 4.21. The Morgan fingerprint density at radius 3 is 2.71 bits per heavy atom. The van der Waals surface area contributed by atoms with Crippen molar-refractivity contribution in [2.75, 3.05) is 5.32 Å². The lowest BCUT2D eigenvalue weighted by Gasteiger charge is -2.12. The number of carbonyl (C=O) groups excluding carboxylic acids is 1. The molecule has 0 saturated carbocycles. The van der Waals surface area contributed by atoms with Gasteiger partial charge in [0, 0.05) is 11.3 Å². The Balaban J connectivity index is 1.36. The van der Waals surface area contributed by atoms with Crippen molar-refractivity contribution in [1.29, 1.82) is 0 Å². The molecule has 1 aromatic heterocycles. The molecule has 0 aliphatic carbocycles. The topological polar surface area (TPSA) is 87.4 Å². The quantitative estimate of drug-likeness (QED) is 0.221. The van der Waals surface area contributed by atoms with E-state index < -0.39 is 0 Å². The zero-order valence-electron chi connectivity index (χ0n) is 18.3. The molecule has 0 fully saturated rings. The number of nitrogens with one attached hydrogen (secondary N) is 2. The van der Waals surface area contributed by atoms with E-state index in [1.165, 1.54) is 6.07 Å². The van der Waals surface area contributed by atoms with Crippen LogP contribution in [0.5, 0.6) is 5.75 Å². The average Bonchev–Trinajstić information content (AvgIpc) is 3.27. The first-order valence-corrected chi connectivity index (χ1v) is 11.3. The van der Waals surface area contributed by atoms with Crippen molar-refractivity contribution in [3.63, 3.8) is 0 Å². The van der Waals surface area contributed by atoms with Gasteiger partial charge in [0.2, 0.25) is 5.89 Å². The summed E-state index contributed by atoms with van der Waals surface area (Å²) in [5.41, 5.74) is 4.05. The minimum atomic E-state index is -0.306. The summed E-state index contributed by atoms with van der Waals surface area (Å²) in [7, 11) is 0. The second-order valence-electron chi connectivity index (χ2n) is 7.84. The lowest BCUT2D eigenvalue weighted by atomic mass is 10.0. The highest BCUT2D eigenvalue weighted by atomic mass is 32.1. The number of aryl methyl sites for hydroxylation is 1. The molecule has 0 atom stereocenters. The minimum absolute atomic E-state index is 0.0264. The van der Waals surface area contributed by atoms with Crippen molar-refractivity contribution in [2.24, 2.45) is 0 Å². The highest BCUT2D eigenvalue weighted by Crippen LogP contribution is 2.33. The number of amides is 1. The van der Waals surface area contributed by atoms with Crippen LogP contribution < -0.4 is 10.6 Å². The summed E-state index contributed by atoms with van der Waals surface area (Å²) < 4.78 is 5.86. The predicted molar refractivity (Wildman–Crippen MR) is 138 cm³/mol. The highest BCUT2D eigenvalue weighted by Gasteiger charge is 2.15. The molecular weight excluding hydrogens is 446 g/mol.